The third kappa shape index (κ3) is 2.36. The summed E-state index contributed by atoms with van der Waals surface area (Å²) in [7, 11) is 0. The molecule has 0 radical (unpaired) electrons. The molecule has 0 atom stereocenters. The maximum atomic E-state index is 13.3. The summed E-state index contributed by atoms with van der Waals surface area (Å²) in [5.74, 6) is -1.75. The number of hydrogen-bond acceptors (Lipinski definition) is 2. The molecule has 0 aliphatic heterocycles. The van der Waals surface area contributed by atoms with Crippen molar-refractivity contribution in [1.29, 1.82) is 0 Å². The van der Waals surface area contributed by atoms with Crippen molar-refractivity contribution in [2.75, 3.05) is 0 Å². The molecule has 0 fully saturated rings. The van der Waals surface area contributed by atoms with E-state index in [2.05, 4.69) is 20.9 Å². The van der Waals surface area contributed by atoms with Crippen molar-refractivity contribution < 1.29 is 13.5 Å². The van der Waals surface area contributed by atoms with E-state index < -0.39 is 11.6 Å². The lowest BCUT2D eigenvalue weighted by Gasteiger charge is -2.07. The molecule has 2 aromatic rings. The Labute approximate surface area is 99.0 Å². The minimum absolute atomic E-state index is 0.168. The zero-order valence-electron chi connectivity index (χ0n) is 7.95. The molecule has 0 bridgehead atoms. The van der Waals surface area contributed by atoms with Gasteiger partial charge in [-0.05, 0) is 24.3 Å². The van der Waals surface area contributed by atoms with Gasteiger partial charge in [0.1, 0.15) is 5.75 Å². The number of nitrogens with zero attached hydrogens (tertiary/aromatic N) is 1. The van der Waals surface area contributed by atoms with Gasteiger partial charge in [0.25, 0.3) is 0 Å². The smallest absolute Gasteiger partial charge is 0.201 e. The molecule has 1 aromatic carbocycles. The van der Waals surface area contributed by atoms with Gasteiger partial charge in [-0.25, -0.2) is 4.39 Å². The molecule has 0 saturated heterocycles. The second-order valence-electron chi connectivity index (χ2n) is 2.98. The van der Waals surface area contributed by atoms with Crippen molar-refractivity contribution in [3.63, 3.8) is 0 Å². The number of halogens is 3. The minimum atomic E-state index is -1.01. The van der Waals surface area contributed by atoms with Gasteiger partial charge in [-0.2, -0.15) is 4.39 Å². The molecule has 2 nitrogen and oxygen atoms in total. The van der Waals surface area contributed by atoms with Gasteiger partial charge in [0, 0.05) is 16.9 Å². The highest BCUT2D eigenvalue weighted by atomic mass is 79.9. The molecule has 0 saturated carbocycles. The van der Waals surface area contributed by atoms with E-state index in [9.17, 15) is 8.78 Å². The number of benzene rings is 1. The van der Waals surface area contributed by atoms with E-state index in [1.807, 2.05) is 0 Å². The Kier molecular flexibility index (Phi) is 3.14. The van der Waals surface area contributed by atoms with Crippen LogP contribution < -0.4 is 4.74 Å². The van der Waals surface area contributed by atoms with Crippen LogP contribution in [-0.4, -0.2) is 4.98 Å². The van der Waals surface area contributed by atoms with Gasteiger partial charge in [0.2, 0.25) is 5.82 Å². The lowest BCUT2D eigenvalue weighted by atomic mass is 10.3. The SMILES string of the molecule is Fc1cc(Br)cc(Oc2ccncc2)c1F. The van der Waals surface area contributed by atoms with Gasteiger partial charge in [-0.15, -0.1) is 0 Å². The van der Waals surface area contributed by atoms with Gasteiger partial charge < -0.3 is 4.74 Å². The largest absolute Gasteiger partial charge is 0.454 e. The molecule has 16 heavy (non-hydrogen) atoms. The Hall–Kier alpha value is -1.49. The first-order chi connectivity index (χ1) is 7.66. The van der Waals surface area contributed by atoms with Gasteiger partial charge in [0.15, 0.2) is 11.6 Å². The highest BCUT2D eigenvalue weighted by Crippen LogP contribution is 2.29. The van der Waals surface area contributed by atoms with E-state index in [0.29, 0.717) is 10.2 Å². The van der Waals surface area contributed by atoms with Gasteiger partial charge in [-0.3, -0.25) is 4.98 Å². The average Bonchev–Trinajstić information content (AvgIpc) is 2.27. The summed E-state index contributed by atoms with van der Waals surface area (Å²) in [4.78, 5) is 3.79. The fraction of sp³-hybridized carbons (Fsp3) is 0. The Morgan fingerprint density at radius 1 is 1.12 bits per heavy atom. The lowest BCUT2D eigenvalue weighted by molar-refractivity contribution is 0.415. The van der Waals surface area contributed by atoms with Crippen LogP contribution in [0.5, 0.6) is 11.5 Å². The Bertz CT molecular complexity index is 505. The van der Waals surface area contributed by atoms with Crippen LogP contribution in [0, 0.1) is 11.6 Å². The van der Waals surface area contributed by atoms with Crippen LogP contribution in [0.1, 0.15) is 0 Å². The number of ether oxygens (including phenoxy) is 1. The zero-order chi connectivity index (χ0) is 11.5. The molecule has 0 aliphatic rings. The maximum absolute atomic E-state index is 13.3. The third-order valence-corrected chi connectivity index (χ3v) is 2.29. The Morgan fingerprint density at radius 3 is 2.50 bits per heavy atom. The molecule has 82 valence electrons. The number of hydrogen-bond donors (Lipinski definition) is 0. The van der Waals surface area contributed by atoms with Crippen LogP contribution in [0.3, 0.4) is 0 Å². The number of rotatable bonds is 2. The predicted molar refractivity (Wildman–Crippen MR) is 58.4 cm³/mol. The minimum Gasteiger partial charge on any atom is -0.454 e. The molecule has 0 N–H and O–H groups in total. The molecule has 2 rings (SSSR count). The summed E-state index contributed by atoms with van der Waals surface area (Å²) in [6, 6.07) is 5.50. The Morgan fingerprint density at radius 2 is 1.81 bits per heavy atom. The van der Waals surface area contributed by atoms with E-state index in [1.54, 1.807) is 12.1 Å². The highest BCUT2D eigenvalue weighted by molar-refractivity contribution is 9.10. The number of aromatic nitrogens is 1. The van der Waals surface area contributed by atoms with Crippen LogP contribution in [-0.2, 0) is 0 Å². The summed E-state index contributed by atoms with van der Waals surface area (Å²) < 4.78 is 32.0. The van der Waals surface area contributed by atoms with Crippen LogP contribution in [0.4, 0.5) is 8.78 Å². The fourth-order valence-corrected chi connectivity index (χ4v) is 1.55. The second-order valence-corrected chi connectivity index (χ2v) is 3.90. The lowest BCUT2D eigenvalue weighted by Crippen LogP contribution is -1.92. The van der Waals surface area contributed by atoms with Crippen LogP contribution >= 0.6 is 15.9 Å². The van der Waals surface area contributed by atoms with Crippen molar-refractivity contribution >= 4 is 15.9 Å². The molecule has 1 heterocycles. The van der Waals surface area contributed by atoms with E-state index in [4.69, 9.17) is 4.74 Å². The monoisotopic (exact) mass is 285 g/mol. The van der Waals surface area contributed by atoms with Crippen molar-refractivity contribution in [2.24, 2.45) is 0 Å². The molecule has 1 aromatic heterocycles. The quantitative estimate of drug-likeness (QED) is 0.781. The first kappa shape index (κ1) is 11.0. The molecular formula is C11H6BrF2NO. The summed E-state index contributed by atoms with van der Waals surface area (Å²) in [5.41, 5.74) is 0. The first-order valence-corrected chi connectivity index (χ1v) is 5.18. The van der Waals surface area contributed by atoms with E-state index in [-0.39, 0.29) is 5.75 Å². The summed E-state index contributed by atoms with van der Waals surface area (Å²) in [6.07, 6.45) is 3.00. The normalized spacial score (nSPS) is 10.2. The van der Waals surface area contributed by atoms with Gasteiger partial charge in [-0.1, -0.05) is 15.9 Å². The summed E-state index contributed by atoms with van der Waals surface area (Å²) in [5, 5.41) is 0. The van der Waals surface area contributed by atoms with Gasteiger partial charge >= 0.3 is 0 Å². The van der Waals surface area contributed by atoms with E-state index in [0.717, 1.165) is 6.07 Å². The zero-order valence-corrected chi connectivity index (χ0v) is 9.54. The first-order valence-electron chi connectivity index (χ1n) is 4.39. The standard InChI is InChI=1S/C11H6BrF2NO/c12-7-5-9(13)11(14)10(6-7)16-8-1-3-15-4-2-8/h1-6H. The van der Waals surface area contributed by atoms with Crippen LogP contribution in [0.25, 0.3) is 0 Å². The van der Waals surface area contributed by atoms with Gasteiger partial charge in [0.05, 0.1) is 0 Å². The average molecular weight is 286 g/mol. The second kappa shape index (κ2) is 4.57. The van der Waals surface area contributed by atoms with Crippen LogP contribution in [0.2, 0.25) is 0 Å². The van der Waals surface area contributed by atoms with E-state index >= 15 is 0 Å². The van der Waals surface area contributed by atoms with Crippen molar-refractivity contribution in [3.8, 4) is 11.5 Å². The topological polar surface area (TPSA) is 22.1 Å². The van der Waals surface area contributed by atoms with Crippen molar-refractivity contribution in [2.45, 2.75) is 0 Å². The molecule has 0 amide bonds. The van der Waals surface area contributed by atoms with Crippen molar-refractivity contribution in [3.05, 3.63) is 52.8 Å². The summed E-state index contributed by atoms with van der Waals surface area (Å²) in [6.45, 7) is 0. The molecule has 5 heteroatoms. The third-order valence-electron chi connectivity index (χ3n) is 1.84. The van der Waals surface area contributed by atoms with Crippen molar-refractivity contribution in [1.82, 2.24) is 4.98 Å². The number of pyridine rings is 1. The van der Waals surface area contributed by atoms with E-state index in [1.165, 1.54) is 18.5 Å². The van der Waals surface area contributed by atoms with Crippen LogP contribution in [0.15, 0.2) is 41.1 Å². The molecule has 0 unspecified atom stereocenters. The molecule has 0 spiro atoms. The molecule has 0 aliphatic carbocycles. The maximum Gasteiger partial charge on any atom is 0.201 e. The predicted octanol–water partition coefficient (Wildman–Crippen LogP) is 3.91. The summed E-state index contributed by atoms with van der Waals surface area (Å²) >= 11 is 3.06. The molecular weight excluding hydrogens is 280 g/mol. The Balaban J connectivity index is 2.35. The highest BCUT2D eigenvalue weighted by Gasteiger charge is 2.11. The fourth-order valence-electron chi connectivity index (χ4n) is 1.14.